The van der Waals surface area contributed by atoms with E-state index in [1.165, 1.54) is 12.3 Å². The summed E-state index contributed by atoms with van der Waals surface area (Å²) in [4.78, 5) is 16.2. The van der Waals surface area contributed by atoms with Crippen molar-refractivity contribution in [2.45, 2.75) is 25.9 Å². The Balaban J connectivity index is 1.57. The van der Waals surface area contributed by atoms with E-state index in [2.05, 4.69) is 21.5 Å². The monoisotopic (exact) mass is 361 g/mol. The third-order valence-electron chi connectivity index (χ3n) is 4.59. The van der Waals surface area contributed by atoms with Crippen LogP contribution in [-0.2, 0) is 6.54 Å². The summed E-state index contributed by atoms with van der Waals surface area (Å²) in [6.45, 7) is 2.52. The van der Waals surface area contributed by atoms with Gasteiger partial charge in [0.05, 0.1) is 29.1 Å². The van der Waals surface area contributed by atoms with Crippen LogP contribution in [-0.4, -0.2) is 20.7 Å². The Hall–Kier alpha value is -3.53. The van der Waals surface area contributed by atoms with Crippen molar-refractivity contribution in [1.29, 1.82) is 5.26 Å². The van der Waals surface area contributed by atoms with Gasteiger partial charge in [-0.05, 0) is 49.2 Å². The molecule has 3 heterocycles. The van der Waals surface area contributed by atoms with Crippen molar-refractivity contribution < 1.29 is 9.18 Å². The summed E-state index contributed by atoms with van der Waals surface area (Å²) in [6, 6.07) is 11.9. The second-order valence-corrected chi connectivity index (χ2v) is 6.56. The lowest BCUT2D eigenvalue weighted by molar-refractivity contribution is 0.0936. The van der Waals surface area contributed by atoms with E-state index in [4.69, 9.17) is 5.26 Å². The number of carbonyl (C=O) groups is 1. The summed E-state index contributed by atoms with van der Waals surface area (Å²) >= 11 is 0. The molecular weight excluding hydrogens is 345 g/mol. The van der Waals surface area contributed by atoms with E-state index in [-0.39, 0.29) is 11.9 Å². The predicted octanol–water partition coefficient (Wildman–Crippen LogP) is 3.14. The van der Waals surface area contributed by atoms with Crippen molar-refractivity contribution in [3.8, 4) is 17.3 Å². The molecule has 0 aliphatic carbocycles. The highest BCUT2D eigenvalue weighted by Crippen LogP contribution is 2.30. The SMILES string of the molecule is Cc1cc(C#N)cc(C(=O)N[C@H]2CCn3nc(-c4ccnc(F)c4)cc32)c1. The molecule has 1 amide bonds. The van der Waals surface area contributed by atoms with Crippen LogP contribution in [0.2, 0.25) is 0 Å². The average Bonchev–Trinajstić information content (AvgIpc) is 3.23. The molecule has 2 aromatic heterocycles. The molecule has 0 fully saturated rings. The highest BCUT2D eigenvalue weighted by molar-refractivity contribution is 5.95. The highest BCUT2D eigenvalue weighted by Gasteiger charge is 2.27. The quantitative estimate of drug-likeness (QED) is 0.727. The molecule has 27 heavy (non-hydrogen) atoms. The second-order valence-electron chi connectivity index (χ2n) is 6.56. The molecular formula is C20H16FN5O. The van der Waals surface area contributed by atoms with E-state index in [0.717, 1.165) is 17.7 Å². The average molecular weight is 361 g/mol. The zero-order valence-electron chi connectivity index (χ0n) is 14.6. The maximum atomic E-state index is 13.4. The predicted molar refractivity (Wildman–Crippen MR) is 96.1 cm³/mol. The number of nitriles is 1. The minimum Gasteiger partial charge on any atom is -0.344 e. The number of halogens is 1. The molecule has 7 heteroatoms. The first-order chi connectivity index (χ1) is 13.0. The summed E-state index contributed by atoms with van der Waals surface area (Å²) in [5.41, 5.74) is 3.94. The smallest absolute Gasteiger partial charge is 0.251 e. The zero-order valence-corrected chi connectivity index (χ0v) is 14.6. The standard InChI is InChI=1S/C20H16FN5O/c1-12-6-13(11-22)8-15(7-12)20(27)24-16-3-5-26-18(16)10-17(25-26)14-2-4-23-19(21)9-14/h2,4,6-10,16H,3,5H2,1H3,(H,24,27)/t16-/m0/s1. The third kappa shape index (κ3) is 3.29. The van der Waals surface area contributed by atoms with E-state index >= 15 is 0 Å². The van der Waals surface area contributed by atoms with E-state index in [1.807, 2.05) is 17.7 Å². The Morgan fingerprint density at radius 3 is 2.96 bits per heavy atom. The second kappa shape index (κ2) is 6.65. The molecule has 1 atom stereocenters. The first-order valence-corrected chi connectivity index (χ1v) is 8.56. The third-order valence-corrected chi connectivity index (χ3v) is 4.59. The van der Waals surface area contributed by atoms with E-state index in [9.17, 15) is 9.18 Å². The number of benzene rings is 1. The van der Waals surface area contributed by atoms with Crippen LogP contribution in [0.15, 0.2) is 42.6 Å². The van der Waals surface area contributed by atoms with Crippen LogP contribution >= 0.6 is 0 Å². The molecule has 0 spiro atoms. The lowest BCUT2D eigenvalue weighted by Gasteiger charge is -2.12. The van der Waals surface area contributed by atoms with Gasteiger partial charge in [0, 0.05) is 29.9 Å². The highest BCUT2D eigenvalue weighted by atomic mass is 19.1. The van der Waals surface area contributed by atoms with E-state index in [1.54, 1.807) is 24.3 Å². The van der Waals surface area contributed by atoms with Crippen LogP contribution < -0.4 is 5.32 Å². The fourth-order valence-electron chi connectivity index (χ4n) is 3.36. The number of carbonyl (C=O) groups excluding carboxylic acids is 1. The van der Waals surface area contributed by atoms with Crippen molar-refractivity contribution in [2.75, 3.05) is 0 Å². The molecule has 3 aromatic rings. The molecule has 0 saturated carbocycles. The van der Waals surface area contributed by atoms with Gasteiger partial charge >= 0.3 is 0 Å². The van der Waals surface area contributed by atoms with Gasteiger partial charge in [0.1, 0.15) is 0 Å². The molecule has 1 aliphatic rings. The van der Waals surface area contributed by atoms with Gasteiger partial charge in [0.2, 0.25) is 5.95 Å². The van der Waals surface area contributed by atoms with Crippen molar-refractivity contribution in [3.05, 3.63) is 70.9 Å². The van der Waals surface area contributed by atoms with Crippen molar-refractivity contribution in [3.63, 3.8) is 0 Å². The molecule has 0 radical (unpaired) electrons. The number of rotatable bonds is 3. The fraction of sp³-hybridized carbons (Fsp3) is 0.200. The van der Waals surface area contributed by atoms with Gasteiger partial charge in [-0.3, -0.25) is 9.48 Å². The molecule has 1 aromatic carbocycles. The van der Waals surface area contributed by atoms with Gasteiger partial charge in [-0.2, -0.15) is 14.8 Å². The Bertz CT molecular complexity index is 1080. The minimum absolute atomic E-state index is 0.184. The molecule has 1 aliphatic heterocycles. The number of aryl methyl sites for hydroxylation is 2. The molecule has 0 bridgehead atoms. The summed E-state index contributed by atoms with van der Waals surface area (Å²) in [7, 11) is 0. The van der Waals surface area contributed by atoms with Gasteiger partial charge in [-0.1, -0.05) is 0 Å². The van der Waals surface area contributed by atoms with Crippen LogP contribution in [0.1, 0.15) is 39.6 Å². The summed E-state index contributed by atoms with van der Waals surface area (Å²) in [5.74, 6) is -0.787. The zero-order chi connectivity index (χ0) is 19.0. The van der Waals surface area contributed by atoms with Gasteiger partial charge in [-0.15, -0.1) is 0 Å². The summed E-state index contributed by atoms with van der Waals surface area (Å²) in [6.07, 6.45) is 2.13. The van der Waals surface area contributed by atoms with Crippen LogP contribution in [0.4, 0.5) is 4.39 Å². The molecule has 4 rings (SSSR count). The van der Waals surface area contributed by atoms with Gasteiger partial charge < -0.3 is 5.32 Å². The topological polar surface area (TPSA) is 83.6 Å². The Morgan fingerprint density at radius 2 is 2.19 bits per heavy atom. The molecule has 0 saturated heterocycles. The molecule has 134 valence electrons. The number of nitrogens with one attached hydrogen (secondary N) is 1. The lowest BCUT2D eigenvalue weighted by atomic mass is 10.1. The van der Waals surface area contributed by atoms with Crippen LogP contribution in [0, 0.1) is 24.2 Å². The van der Waals surface area contributed by atoms with Crippen molar-refractivity contribution in [2.24, 2.45) is 0 Å². The Kier molecular flexibility index (Phi) is 4.16. The van der Waals surface area contributed by atoms with Crippen LogP contribution in [0.5, 0.6) is 0 Å². The Morgan fingerprint density at radius 1 is 1.33 bits per heavy atom. The first-order valence-electron chi connectivity index (χ1n) is 8.56. The number of amides is 1. The first kappa shape index (κ1) is 16.9. The fourth-order valence-corrected chi connectivity index (χ4v) is 3.36. The number of fused-ring (bicyclic) bond motifs is 1. The number of hydrogen-bond donors (Lipinski definition) is 1. The van der Waals surface area contributed by atoms with E-state index in [0.29, 0.717) is 28.9 Å². The minimum atomic E-state index is -0.557. The van der Waals surface area contributed by atoms with Crippen molar-refractivity contribution in [1.82, 2.24) is 20.1 Å². The molecule has 1 N–H and O–H groups in total. The summed E-state index contributed by atoms with van der Waals surface area (Å²) < 4.78 is 15.2. The number of aromatic nitrogens is 3. The maximum absolute atomic E-state index is 13.4. The maximum Gasteiger partial charge on any atom is 0.251 e. The van der Waals surface area contributed by atoms with Crippen LogP contribution in [0.3, 0.4) is 0 Å². The van der Waals surface area contributed by atoms with Crippen molar-refractivity contribution >= 4 is 5.91 Å². The summed E-state index contributed by atoms with van der Waals surface area (Å²) in [5, 5.41) is 16.6. The van der Waals surface area contributed by atoms with Crippen LogP contribution in [0.25, 0.3) is 11.3 Å². The largest absolute Gasteiger partial charge is 0.344 e. The normalized spacial score (nSPS) is 15.2. The van der Waals surface area contributed by atoms with Gasteiger partial charge in [0.25, 0.3) is 5.91 Å². The number of hydrogen-bond acceptors (Lipinski definition) is 4. The molecule has 0 unspecified atom stereocenters. The van der Waals surface area contributed by atoms with Gasteiger partial charge in [-0.25, -0.2) is 4.98 Å². The van der Waals surface area contributed by atoms with E-state index < -0.39 is 5.95 Å². The Labute approximate surface area is 155 Å². The van der Waals surface area contributed by atoms with Gasteiger partial charge in [0.15, 0.2) is 0 Å². The number of nitrogens with zero attached hydrogens (tertiary/aromatic N) is 4. The number of pyridine rings is 1. The lowest BCUT2D eigenvalue weighted by Crippen LogP contribution is -2.27. The molecule has 6 nitrogen and oxygen atoms in total.